The van der Waals surface area contributed by atoms with Gasteiger partial charge in [0.05, 0.1) is 5.69 Å². The largest absolute Gasteiger partial charge is 0.455 e. The molecule has 0 atom stereocenters. The van der Waals surface area contributed by atoms with Gasteiger partial charge in [-0.05, 0) is 98.1 Å². The van der Waals surface area contributed by atoms with Gasteiger partial charge >= 0.3 is 0 Å². The van der Waals surface area contributed by atoms with Crippen LogP contribution >= 0.6 is 0 Å². The summed E-state index contributed by atoms with van der Waals surface area (Å²) in [6.45, 7) is 2.42. The van der Waals surface area contributed by atoms with Gasteiger partial charge in [0.1, 0.15) is 5.75 Å². The SMILES string of the molecule is CNc1cc(N)ccc1Oc1ccc(C2CCC(C3CCC(C)CC3)CC2)cc1. The second-order valence-electron chi connectivity index (χ2n) is 9.31. The van der Waals surface area contributed by atoms with E-state index >= 15 is 0 Å². The number of hydrogen-bond donors (Lipinski definition) is 2. The number of nitrogens with one attached hydrogen (secondary N) is 1. The molecule has 0 aromatic heterocycles. The van der Waals surface area contributed by atoms with Crippen LogP contribution in [0, 0.1) is 17.8 Å². The van der Waals surface area contributed by atoms with Crippen LogP contribution in [0.15, 0.2) is 42.5 Å². The highest BCUT2D eigenvalue weighted by Crippen LogP contribution is 2.44. The molecule has 29 heavy (non-hydrogen) atoms. The summed E-state index contributed by atoms with van der Waals surface area (Å²) in [5, 5.41) is 3.15. The smallest absolute Gasteiger partial charge is 0.150 e. The number of rotatable bonds is 5. The van der Waals surface area contributed by atoms with Crippen LogP contribution in [0.1, 0.15) is 69.8 Å². The number of benzene rings is 2. The average molecular weight is 393 g/mol. The van der Waals surface area contributed by atoms with Crippen molar-refractivity contribution in [2.24, 2.45) is 17.8 Å². The minimum atomic E-state index is 0.715. The van der Waals surface area contributed by atoms with E-state index in [1.54, 1.807) is 0 Å². The fourth-order valence-electron chi connectivity index (χ4n) is 5.45. The molecule has 0 saturated heterocycles. The quantitative estimate of drug-likeness (QED) is 0.529. The monoisotopic (exact) mass is 392 g/mol. The van der Waals surface area contributed by atoms with Crippen molar-refractivity contribution in [2.45, 2.75) is 64.2 Å². The van der Waals surface area contributed by atoms with Crippen molar-refractivity contribution in [3.63, 3.8) is 0 Å². The summed E-state index contributed by atoms with van der Waals surface area (Å²) >= 11 is 0. The van der Waals surface area contributed by atoms with Crippen molar-refractivity contribution in [3.05, 3.63) is 48.0 Å². The van der Waals surface area contributed by atoms with Gasteiger partial charge in [0.2, 0.25) is 0 Å². The number of anilines is 2. The second-order valence-corrected chi connectivity index (χ2v) is 9.31. The van der Waals surface area contributed by atoms with E-state index in [0.717, 1.165) is 40.6 Å². The molecule has 3 nitrogen and oxygen atoms in total. The highest BCUT2D eigenvalue weighted by Gasteiger charge is 2.30. The molecule has 2 aromatic rings. The lowest BCUT2D eigenvalue weighted by Gasteiger charge is -2.37. The molecule has 2 fully saturated rings. The molecule has 0 amide bonds. The molecule has 156 valence electrons. The molecular formula is C26H36N2O. The first-order valence-electron chi connectivity index (χ1n) is 11.5. The van der Waals surface area contributed by atoms with Crippen LogP contribution in [-0.2, 0) is 0 Å². The van der Waals surface area contributed by atoms with E-state index < -0.39 is 0 Å². The molecule has 3 N–H and O–H groups in total. The van der Waals surface area contributed by atoms with Gasteiger partial charge in [-0.3, -0.25) is 0 Å². The topological polar surface area (TPSA) is 47.3 Å². The van der Waals surface area contributed by atoms with Crippen molar-refractivity contribution >= 4 is 11.4 Å². The molecule has 0 spiro atoms. The minimum absolute atomic E-state index is 0.715. The summed E-state index contributed by atoms with van der Waals surface area (Å²) in [6.07, 6.45) is 11.4. The maximum atomic E-state index is 6.08. The lowest BCUT2D eigenvalue weighted by molar-refractivity contribution is 0.165. The van der Waals surface area contributed by atoms with Gasteiger partial charge in [-0.25, -0.2) is 0 Å². The molecule has 3 heteroatoms. The highest BCUT2D eigenvalue weighted by molar-refractivity contribution is 5.64. The van der Waals surface area contributed by atoms with Gasteiger partial charge in [0, 0.05) is 12.7 Å². The Morgan fingerprint density at radius 3 is 2.07 bits per heavy atom. The number of hydrogen-bond acceptors (Lipinski definition) is 3. The highest BCUT2D eigenvalue weighted by atomic mass is 16.5. The van der Waals surface area contributed by atoms with Crippen LogP contribution in [0.4, 0.5) is 11.4 Å². The van der Waals surface area contributed by atoms with E-state index in [4.69, 9.17) is 10.5 Å². The number of nitrogen functional groups attached to an aromatic ring is 1. The molecule has 2 aliphatic rings. The van der Waals surface area contributed by atoms with Gasteiger partial charge in [-0.1, -0.05) is 31.9 Å². The van der Waals surface area contributed by atoms with Crippen molar-refractivity contribution in [3.8, 4) is 11.5 Å². The number of nitrogens with two attached hydrogens (primary N) is 1. The van der Waals surface area contributed by atoms with Gasteiger partial charge in [0.25, 0.3) is 0 Å². The van der Waals surface area contributed by atoms with Crippen LogP contribution < -0.4 is 15.8 Å². The van der Waals surface area contributed by atoms with Crippen LogP contribution in [0.25, 0.3) is 0 Å². The Morgan fingerprint density at radius 1 is 0.828 bits per heavy atom. The van der Waals surface area contributed by atoms with Gasteiger partial charge in [-0.2, -0.15) is 0 Å². The van der Waals surface area contributed by atoms with E-state index in [1.807, 2.05) is 25.2 Å². The summed E-state index contributed by atoms with van der Waals surface area (Å²) < 4.78 is 6.08. The van der Waals surface area contributed by atoms with Crippen molar-refractivity contribution in [1.82, 2.24) is 0 Å². The summed E-state index contributed by atoms with van der Waals surface area (Å²) in [4.78, 5) is 0. The van der Waals surface area contributed by atoms with Crippen LogP contribution in [-0.4, -0.2) is 7.05 Å². The Balaban J connectivity index is 1.33. The number of ether oxygens (including phenoxy) is 1. The maximum Gasteiger partial charge on any atom is 0.150 e. The first-order chi connectivity index (χ1) is 14.1. The summed E-state index contributed by atoms with van der Waals surface area (Å²) in [6, 6.07) is 14.4. The third-order valence-corrected chi connectivity index (χ3v) is 7.35. The zero-order chi connectivity index (χ0) is 20.2. The molecule has 2 saturated carbocycles. The summed E-state index contributed by atoms with van der Waals surface area (Å²) in [7, 11) is 1.88. The van der Waals surface area contributed by atoms with E-state index in [0.29, 0.717) is 5.92 Å². The van der Waals surface area contributed by atoms with Crippen LogP contribution in [0.3, 0.4) is 0 Å². The first-order valence-corrected chi connectivity index (χ1v) is 11.5. The van der Waals surface area contributed by atoms with Gasteiger partial charge in [0.15, 0.2) is 5.75 Å². The Morgan fingerprint density at radius 2 is 1.45 bits per heavy atom. The predicted molar refractivity (Wildman–Crippen MR) is 123 cm³/mol. The van der Waals surface area contributed by atoms with Crippen molar-refractivity contribution < 1.29 is 4.74 Å². The molecule has 0 aliphatic heterocycles. The molecule has 0 radical (unpaired) electrons. The Hall–Kier alpha value is -2.16. The van der Waals surface area contributed by atoms with E-state index in [1.165, 1.54) is 56.9 Å². The molecule has 4 rings (SSSR count). The van der Waals surface area contributed by atoms with Crippen LogP contribution in [0.2, 0.25) is 0 Å². The third kappa shape index (κ3) is 4.88. The van der Waals surface area contributed by atoms with Crippen molar-refractivity contribution in [1.29, 1.82) is 0 Å². The van der Waals surface area contributed by atoms with Crippen LogP contribution in [0.5, 0.6) is 11.5 Å². The zero-order valence-electron chi connectivity index (χ0n) is 18.0. The predicted octanol–water partition coefficient (Wildman–Crippen LogP) is 7.20. The fourth-order valence-corrected chi connectivity index (χ4v) is 5.45. The minimum Gasteiger partial charge on any atom is -0.455 e. The average Bonchev–Trinajstić information content (AvgIpc) is 2.76. The standard InChI is InChI=1S/C26H36N2O/c1-18-3-5-19(6-4-18)20-7-9-21(10-8-20)22-11-14-24(15-12-22)29-26-16-13-23(27)17-25(26)28-2/h11-21,28H,3-10,27H2,1-2H3. The molecule has 0 bridgehead atoms. The first kappa shape index (κ1) is 20.1. The Kier molecular flexibility index (Phi) is 6.32. The summed E-state index contributed by atoms with van der Waals surface area (Å²) in [5.41, 5.74) is 8.98. The van der Waals surface area contributed by atoms with E-state index in [9.17, 15) is 0 Å². The fraction of sp³-hybridized carbons (Fsp3) is 0.538. The zero-order valence-corrected chi connectivity index (χ0v) is 18.0. The Bertz CT molecular complexity index is 785. The molecular weight excluding hydrogens is 356 g/mol. The van der Waals surface area contributed by atoms with Gasteiger partial charge in [-0.15, -0.1) is 0 Å². The Labute approximate surface area is 176 Å². The molecule has 2 aromatic carbocycles. The van der Waals surface area contributed by atoms with E-state index in [2.05, 4.69) is 36.5 Å². The summed E-state index contributed by atoms with van der Waals surface area (Å²) in [5.74, 6) is 5.33. The van der Waals surface area contributed by atoms with Crippen molar-refractivity contribution in [2.75, 3.05) is 18.1 Å². The maximum absolute atomic E-state index is 6.08. The molecule has 0 heterocycles. The lowest BCUT2D eigenvalue weighted by atomic mass is 9.68. The van der Waals surface area contributed by atoms with Gasteiger partial charge < -0.3 is 15.8 Å². The molecule has 0 unspecified atom stereocenters. The molecule has 2 aliphatic carbocycles. The third-order valence-electron chi connectivity index (χ3n) is 7.35. The van der Waals surface area contributed by atoms with E-state index in [-0.39, 0.29) is 0 Å². The lowest BCUT2D eigenvalue weighted by Crippen LogP contribution is -2.24. The second kappa shape index (κ2) is 9.11. The normalized spacial score (nSPS) is 27.4.